The number of methoxy groups -OCH3 is 1. The summed E-state index contributed by atoms with van der Waals surface area (Å²) >= 11 is 0. The SMILES string of the molecule is COc1ccc(CCNC(=O)/C=C/c2ccccc2OC(F)(F)F)cc1. The molecule has 0 spiro atoms. The molecule has 0 aromatic heterocycles. The van der Waals surface area contributed by atoms with Crippen molar-refractivity contribution < 1.29 is 27.4 Å². The minimum atomic E-state index is -4.79. The molecule has 0 saturated heterocycles. The van der Waals surface area contributed by atoms with Crippen LogP contribution in [0.25, 0.3) is 6.08 Å². The van der Waals surface area contributed by atoms with Crippen molar-refractivity contribution >= 4 is 12.0 Å². The Bertz CT molecular complexity index is 755. The highest BCUT2D eigenvalue weighted by Crippen LogP contribution is 2.26. The van der Waals surface area contributed by atoms with Gasteiger partial charge < -0.3 is 14.8 Å². The number of halogens is 3. The molecule has 0 aliphatic heterocycles. The third-order valence-corrected chi connectivity index (χ3v) is 3.43. The molecule has 4 nitrogen and oxygen atoms in total. The summed E-state index contributed by atoms with van der Waals surface area (Å²) in [5, 5.41) is 2.68. The van der Waals surface area contributed by atoms with Gasteiger partial charge in [0.15, 0.2) is 0 Å². The van der Waals surface area contributed by atoms with E-state index in [0.29, 0.717) is 13.0 Å². The van der Waals surface area contributed by atoms with E-state index in [9.17, 15) is 18.0 Å². The summed E-state index contributed by atoms with van der Waals surface area (Å²) in [6, 6.07) is 13.1. The molecule has 2 aromatic rings. The standard InChI is InChI=1S/C19H18F3NO3/c1-25-16-9-6-14(7-10-16)12-13-23-18(24)11-8-15-4-2-3-5-17(15)26-19(20,21)22/h2-11H,12-13H2,1H3,(H,23,24)/b11-8+. The zero-order valence-electron chi connectivity index (χ0n) is 14.0. The smallest absolute Gasteiger partial charge is 0.497 e. The molecule has 0 bridgehead atoms. The van der Waals surface area contributed by atoms with Crippen molar-refractivity contribution in [2.75, 3.05) is 13.7 Å². The lowest BCUT2D eigenvalue weighted by molar-refractivity contribution is -0.274. The number of benzene rings is 2. The summed E-state index contributed by atoms with van der Waals surface area (Å²) in [5.74, 6) is -0.0110. The van der Waals surface area contributed by atoms with Gasteiger partial charge in [-0.05, 0) is 36.3 Å². The molecule has 1 amide bonds. The van der Waals surface area contributed by atoms with Crippen LogP contribution in [0.15, 0.2) is 54.6 Å². The van der Waals surface area contributed by atoms with E-state index in [1.54, 1.807) is 13.2 Å². The van der Waals surface area contributed by atoms with E-state index < -0.39 is 12.3 Å². The van der Waals surface area contributed by atoms with Crippen LogP contribution in [0.5, 0.6) is 11.5 Å². The summed E-state index contributed by atoms with van der Waals surface area (Å²) in [6.07, 6.45) is -1.71. The van der Waals surface area contributed by atoms with Gasteiger partial charge in [-0.1, -0.05) is 30.3 Å². The largest absolute Gasteiger partial charge is 0.573 e. The molecular weight excluding hydrogens is 347 g/mol. The van der Waals surface area contributed by atoms with Gasteiger partial charge in [-0.15, -0.1) is 13.2 Å². The quantitative estimate of drug-likeness (QED) is 0.756. The Morgan fingerprint density at radius 1 is 1.12 bits per heavy atom. The van der Waals surface area contributed by atoms with Crippen molar-refractivity contribution in [2.45, 2.75) is 12.8 Å². The third kappa shape index (κ3) is 6.51. The molecule has 0 aliphatic rings. The van der Waals surface area contributed by atoms with Gasteiger partial charge in [0.2, 0.25) is 5.91 Å². The summed E-state index contributed by atoms with van der Waals surface area (Å²) in [4.78, 5) is 11.8. The molecule has 2 rings (SSSR count). The highest BCUT2D eigenvalue weighted by Gasteiger charge is 2.31. The highest BCUT2D eigenvalue weighted by atomic mass is 19.4. The fourth-order valence-electron chi connectivity index (χ4n) is 2.18. The van der Waals surface area contributed by atoms with Gasteiger partial charge in [-0.2, -0.15) is 0 Å². The topological polar surface area (TPSA) is 47.6 Å². The molecule has 0 saturated carbocycles. The van der Waals surface area contributed by atoms with Crippen molar-refractivity contribution in [1.82, 2.24) is 5.32 Å². The molecular formula is C19H18F3NO3. The predicted molar refractivity (Wildman–Crippen MR) is 91.9 cm³/mol. The van der Waals surface area contributed by atoms with E-state index in [-0.39, 0.29) is 11.3 Å². The molecule has 0 radical (unpaired) electrons. The van der Waals surface area contributed by atoms with Crippen molar-refractivity contribution in [3.8, 4) is 11.5 Å². The molecule has 0 unspecified atom stereocenters. The van der Waals surface area contributed by atoms with Crippen molar-refractivity contribution in [3.63, 3.8) is 0 Å². The summed E-state index contributed by atoms with van der Waals surface area (Å²) < 4.78 is 46.1. The van der Waals surface area contributed by atoms with Crippen LogP contribution in [0, 0.1) is 0 Å². The normalized spacial score (nSPS) is 11.4. The number of hydrogen-bond donors (Lipinski definition) is 1. The van der Waals surface area contributed by atoms with Gasteiger partial charge in [0.1, 0.15) is 11.5 Å². The Hall–Kier alpha value is -2.96. The maximum Gasteiger partial charge on any atom is 0.573 e. The first kappa shape index (κ1) is 19.4. The molecule has 7 heteroatoms. The number of ether oxygens (including phenoxy) is 2. The zero-order valence-corrected chi connectivity index (χ0v) is 14.0. The molecule has 26 heavy (non-hydrogen) atoms. The Kier molecular flexibility index (Phi) is 6.66. The monoisotopic (exact) mass is 365 g/mol. The summed E-state index contributed by atoms with van der Waals surface area (Å²) in [5.41, 5.74) is 1.19. The average molecular weight is 365 g/mol. The Labute approximate surface area is 149 Å². The number of carbonyl (C=O) groups is 1. The first-order valence-electron chi connectivity index (χ1n) is 7.81. The van der Waals surface area contributed by atoms with Crippen LogP contribution < -0.4 is 14.8 Å². The highest BCUT2D eigenvalue weighted by molar-refractivity contribution is 5.92. The molecule has 138 valence electrons. The second-order valence-electron chi connectivity index (χ2n) is 5.31. The first-order valence-corrected chi connectivity index (χ1v) is 7.81. The number of hydrogen-bond acceptors (Lipinski definition) is 3. The van der Waals surface area contributed by atoms with Crippen molar-refractivity contribution in [3.05, 3.63) is 65.7 Å². The maximum absolute atomic E-state index is 12.4. The third-order valence-electron chi connectivity index (χ3n) is 3.43. The number of rotatable bonds is 7. The first-order chi connectivity index (χ1) is 12.4. The maximum atomic E-state index is 12.4. The molecule has 0 atom stereocenters. The van der Waals surface area contributed by atoms with Crippen LogP contribution in [0.1, 0.15) is 11.1 Å². The summed E-state index contributed by atoms with van der Waals surface area (Å²) in [6.45, 7) is 0.399. The lowest BCUT2D eigenvalue weighted by atomic mass is 10.1. The van der Waals surface area contributed by atoms with Gasteiger partial charge in [0, 0.05) is 18.2 Å². The molecule has 0 fully saturated rings. The lowest BCUT2D eigenvalue weighted by Crippen LogP contribution is -2.23. The molecule has 1 N–H and O–H groups in total. The fourth-order valence-corrected chi connectivity index (χ4v) is 2.18. The van der Waals surface area contributed by atoms with Crippen molar-refractivity contribution in [2.24, 2.45) is 0 Å². The molecule has 0 heterocycles. The Morgan fingerprint density at radius 2 is 1.81 bits per heavy atom. The Balaban J connectivity index is 1.87. The van der Waals surface area contributed by atoms with E-state index in [2.05, 4.69) is 10.1 Å². The van der Waals surface area contributed by atoms with Crippen LogP contribution in [-0.4, -0.2) is 25.9 Å². The number of amides is 1. The van der Waals surface area contributed by atoms with Gasteiger partial charge in [-0.25, -0.2) is 0 Å². The zero-order chi connectivity index (χ0) is 19.0. The average Bonchev–Trinajstić information content (AvgIpc) is 2.60. The number of nitrogens with one attached hydrogen (secondary N) is 1. The second kappa shape index (κ2) is 8.94. The minimum Gasteiger partial charge on any atom is -0.497 e. The fraction of sp³-hybridized carbons (Fsp3) is 0.211. The number of para-hydroxylation sites is 1. The summed E-state index contributed by atoms with van der Waals surface area (Å²) in [7, 11) is 1.58. The number of carbonyl (C=O) groups excluding carboxylic acids is 1. The van der Waals surface area contributed by atoms with E-state index in [0.717, 1.165) is 11.3 Å². The van der Waals surface area contributed by atoms with Crippen LogP contribution in [0.3, 0.4) is 0 Å². The van der Waals surface area contributed by atoms with Gasteiger partial charge >= 0.3 is 6.36 Å². The van der Waals surface area contributed by atoms with Crippen LogP contribution in [0.4, 0.5) is 13.2 Å². The van der Waals surface area contributed by atoms with Gasteiger partial charge in [0.05, 0.1) is 7.11 Å². The van der Waals surface area contributed by atoms with Crippen LogP contribution in [0.2, 0.25) is 0 Å². The van der Waals surface area contributed by atoms with E-state index in [4.69, 9.17) is 4.74 Å². The van der Waals surface area contributed by atoms with Gasteiger partial charge in [0.25, 0.3) is 0 Å². The minimum absolute atomic E-state index is 0.162. The van der Waals surface area contributed by atoms with E-state index >= 15 is 0 Å². The Morgan fingerprint density at radius 3 is 2.46 bits per heavy atom. The predicted octanol–water partition coefficient (Wildman–Crippen LogP) is 3.97. The number of alkyl halides is 3. The molecule has 0 aliphatic carbocycles. The van der Waals surface area contributed by atoms with Crippen LogP contribution >= 0.6 is 0 Å². The lowest BCUT2D eigenvalue weighted by Gasteiger charge is -2.11. The van der Waals surface area contributed by atoms with E-state index in [1.165, 1.54) is 30.4 Å². The van der Waals surface area contributed by atoms with E-state index in [1.807, 2.05) is 24.3 Å². The molecule has 2 aromatic carbocycles. The van der Waals surface area contributed by atoms with Crippen molar-refractivity contribution in [1.29, 1.82) is 0 Å². The van der Waals surface area contributed by atoms with Crippen LogP contribution in [-0.2, 0) is 11.2 Å². The second-order valence-corrected chi connectivity index (χ2v) is 5.31. The van der Waals surface area contributed by atoms with Gasteiger partial charge in [-0.3, -0.25) is 4.79 Å².